The minimum absolute atomic E-state index is 0.720. The molecule has 1 N–H and O–H groups in total. The van der Waals surface area contributed by atoms with Crippen LogP contribution in [0.15, 0.2) is 10.9 Å². The van der Waals surface area contributed by atoms with Crippen molar-refractivity contribution in [2.75, 3.05) is 18.1 Å². The molecule has 0 radical (unpaired) electrons. The van der Waals surface area contributed by atoms with Crippen LogP contribution in [0.4, 0.5) is 0 Å². The Kier molecular flexibility index (Phi) is 3.21. The molecule has 13 heavy (non-hydrogen) atoms. The smallest absolute Gasteiger partial charge is 0.213 e. The molecule has 2 heterocycles. The third kappa shape index (κ3) is 2.70. The fraction of sp³-hybridized carbons (Fsp3) is 0.750. The second kappa shape index (κ2) is 4.62. The van der Waals surface area contributed by atoms with Gasteiger partial charge >= 0.3 is 0 Å². The molecule has 1 atom stereocenters. The summed E-state index contributed by atoms with van der Waals surface area (Å²) in [6, 6.07) is 0. The molecule has 1 aliphatic heterocycles. The van der Waals surface area contributed by atoms with Gasteiger partial charge in [-0.15, -0.1) is 0 Å². The van der Waals surface area contributed by atoms with Gasteiger partial charge < -0.3 is 9.84 Å². The van der Waals surface area contributed by atoms with Gasteiger partial charge in [-0.3, -0.25) is 0 Å². The number of hydrogen-bond acceptors (Lipinski definition) is 5. The predicted molar refractivity (Wildman–Crippen MR) is 51.4 cm³/mol. The van der Waals surface area contributed by atoms with E-state index in [2.05, 4.69) is 20.0 Å². The lowest BCUT2D eigenvalue weighted by Gasteiger charge is -2.07. The highest BCUT2D eigenvalue weighted by Crippen LogP contribution is 2.22. The summed E-state index contributed by atoms with van der Waals surface area (Å²) < 4.78 is 4.63. The van der Waals surface area contributed by atoms with E-state index in [4.69, 9.17) is 0 Å². The number of aromatic nitrogens is 2. The quantitative estimate of drug-likeness (QED) is 0.781. The van der Waals surface area contributed by atoms with E-state index in [0.717, 1.165) is 24.8 Å². The van der Waals surface area contributed by atoms with Gasteiger partial charge in [-0.1, -0.05) is 5.16 Å². The van der Waals surface area contributed by atoms with Crippen molar-refractivity contribution in [3.63, 3.8) is 0 Å². The van der Waals surface area contributed by atoms with E-state index in [1.54, 1.807) is 0 Å². The van der Waals surface area contributed by atoms with E-state index >= 15 is 0 Å². The molecule has 4 nitrogen and oxygen atoms in total. The molecule has 1 aromatic rings. The fourth-order valence-electron chi connectivity index (χ4n) is 1.40. The van der Waals surface area contributed by atoms with Gasteiger partial charge in [0.2, 0.25) is 6.39 Å². The normalized spacial score (nSPS) is 22.3. The van der Waals surface area contributed by atoms with Crippen LogP contribution in [0.3, 0.4) is 0 Å². The van der Waals surface area contributed by atoms with Crippen LogP contribution in [0.1, 0.15) is 12.2 Å². The summed E-state index contributed by atoms with van der Waals surface area (Å²) in [4.78, 5) is 3.93. The molecule has 72 valence electrons. The van der Waals surface area contributed by atoms with E-state index in [9.17, 15) is 0 Å². The summed E-state index contributed by atoms with van der Waals surface area (Å²) in [6.45, 7) is 1.79. The highest BCUT2D eigenvalue weighted by molar-refractivity contribution is 7.99. The van der Waals surface area contributed by atoms with Gasteiger partial charge in [0, 0.05) is 0 Å². The molecule has 1 fully saturated rings. The molecule has 1 aliphatic rings. The minimum atomic E-state index is 0.720. The molecule has 1 aromatic heterocycles. The lowest BCUT2D eigenvalue weighted by atomic mass is 10.1. The summed E-state index contributed by atoms with van der Waals surface area (Å²) in [6.07, 6.45) is 2.70. The molecule has 1 saturated heterocycles. The van der Waals surface area contributed by atoms with Gasteiger partial charge in [0.1, 0.15) is 0 Å². The van der Waals surface area contributed by atoms with E-state index in [1.165, 1.54) is 24.3 Å². The average molecular weight is 199 g/mol. The second-order valence-electron chi connectivity index (χ2n) is 3.21. The Morgan fingerprint density at radius 3 is 3.38 bits per heavy atom. The average Bonchev–Trinajstić information content (AvgIpc) is 2.75. The minimum Gasteiger partial charge on any atom is -0.343 e. The van der Waals surface area contributed by atoms with Crippen molar-refractivity contribution >= 4 is 11.8 Å². The molecule has 0 saturated carbocycles. The second-order valence-corrected chi connectivity index (χ2v) is 4.36. The van der Waals surface area contributed by atoms with Crippen molar-refractivity contribution < 1.29 is 4.52 Å². The largest absolute Gasteiger partial charge is 0.343 e. The zero-order valence-corrected chi connectivity index (χ0v) is 8.22. The summed E-state index contributed by atoms with van der Waals surface area (Å²) in [5.41, 5.74) is 0. The van der Waals surface area contributed by atoms with E-state index in [1.807, 2.05) is 11.8 Å². The lowest BCUT2D eigenvalue weighted by Crippen LogP contribution is -2.22. The van der Waals surface area contributed by atoms with Crippen LogP contribution in [0.25, 0.3) is 0 Å². The monoisotopic (exact) mass is 199 g/mol. The Hall–Kier alpha value is -0.550. The van der Waals surface area contributed by atoms with Crippen LogP contribution in [-0.2, 0) is 6.54 Å². The molecule has 0 amide bonds. The number of thioether (sulfide) groups is 1. The van der Waals surface area contributed by atoms with Gasteiger partial charge in [-0.05, 0) is 30.4 Å². The maximum absolute atomic E-state index is 4.63. The topological polar surface area (TPSA) is 51.0 Å². The Balaban J connectivity index is 1.63. The Bertz CT molecular complexity index is 234. The van der Waals surface area contributed by atoms with Gasteiger partial charge in [-0.2, -0.15) is 16.7 Å². The predicted octanol–water partition coefficient (Wildman–Crippen LogP) is 0.912. The summed E-state index contributed by atoms with van der Waals surface area (Å²) >= 11 is 2.04. The van der Waals surface area contributed by atoms with Crippen molar-refractivity contribution in [2.45, 2.75) is 13.0 Å². The van der Waals surface area contributed by atoms with Crippen molar-refractivity contribution in [2.24, 2.45) is 5.92 Å². The molecular formula is C8H13N3OS. The third-order valence-electron chi connectivity index (χ3n) is 2.15. The van der Waals surface area contributed by atoms with Crippen molar-refractivity contribution in [1.82, 2.24) is 15.5 Å². The van der Waals surface area contributed by atoms with Gasteiger partial charge in [0.05, 0.1) is 6.54 Å². The maximum Gasteiger partial charge on any atom is 0.213 e. The lowest BCUT2D eigenvalue weighted by molar-refractivity contribution is 0.405. The summed E-state index contributed by atoms with van der Waals surface area (Å²) in [5.74, 6) is 4.18. The highest BCUT2D eigenvalue weighted by Gasteiger charge is 2.14. The Morgan fingerprint density at radius 1 is 1.69 bits per heavy atom. The number of nitrogens with one attached hydrogen (secondary N) is 1. The van der Waals surface area contributed by atoms with Crippen LogP contribution < -0.4 is 5.32 Å². The molecule has 0 aromatic carbocycles. The van der Waals surface area contributed by atoms with E-state index in [0.29, 0.717) is 0 Å². The molecule has 2 rings (SSSR count). The first kappa shape index (κ1) is 9.02. The van der Waals surface area contributed by atoms with Gasteiger partial charge in [0.15, 0.2) is 5.82 Å². The SMILES string of the molecule is c1nc(CNCC2CCSC2)no1. The van der Waals surface area contributed by atoms with Crippen molar-refractivity contribution in [1.29, 1.82) is 0 Å². The number of nitrogens with zero attached hydrogens (tertiary/aromatic N) is 2. The van der Waals surface area contributed by atoms with Crippen LogP contribution in [-0.4, -0.2) is 28.2 Å². The summed E-state index contributed by atoms with van der Waals surface area (Å²) in [7, 11) is 0. The number of hydrogen-bond donors (Lipinski definition) is 1. The Morgan fingerprint density at radius 2 is 2.69 bits per heavy atom. The van der Waals surface area contributed by atoms with Crippen molar-refractivity contribution in [3.05, 3.63) is 12.2 Å². The molecule has 0 aliphatic carbocycles. The zero-order chi connectivity index (χ0) is 8.93. The van der Waals surface area contributed by atoms with Crippen LogP contribution in [0.5, 0.6) is 0 Å². The maximum atomic E-state index is 4.63. The van der Waals surface area contributed by atoms with E-state index in [-0.39, 0.29) is 0 Å². The van der Waals surface area contributed by atoms with Crippen molar-refractivity contribution in [3.8, 4) is 0 Å². The molecule has 0 spiro atoms. The first-order valence-corrected chi connectivity index (χ1v) is 5.64. The first-order valence-electron chi connectivity index (χ1n) is 4.49. The fourth-order valence-corrected chi connectivity index (χ4v) is 2.69. The van der Waals surface area contributed by atoms with Gasteiger partial charge in [0.25, 0.3) is 0 Å². The van der Waals surface area contributed by atoms with Gasteiger partial charge in [-0.25, -0.2) is 0 Å². The third-order valence-corrected chi connectivity index (χ3v) is 3.38. The molecule has 0 bridgehead atoms. The molecule has 5 heteroatoms. The molecular weight excluding hydrogens is 186 g/mol. The molecule has 1 unspecified atom stereocenters. The van der Waals surface area contributed by atoms with Crippen LogP contribution >= 0.6 is 11.8 Å². The first-order chi connectivity index (χ1) is 6.45. The van der Waals surface area contributed by atoms with E-state index < -0.39 is 0 Å². The summed E-state index contributed by atoms with van der Waals surface area (Å²) in [5, 5.41) is 7.06. The Labute approximate surface area is 81.5 Å². The standard InChI is InChI=1S/C8H13N3OS/c1-2-13-5-7(1)3-9-4-8-10-6-12-11-8/h6-7,9H,1-5H2. The van der Waals surface area contributed by atoms with Crippen LogP contribution in [0, 0.1) is 5.92 Å². The van der Waals surface area contributed by atoms with Crippen LogP contribution in [0.2, 0.25) is 0 Å². The number of rotatable bonds is 4. The zero-order valence-electron chi connectivity index (χ0n) is 7.40. The highest BCUT2D eigenvalue weighted by atomic mass is 32.2.